The Morgan fingerprint density at radius 1 is 1.38 bits per heavy atom. The van der Waals surface area contributed by atoms with Crippen molar-refractivity contribution in [1.29, 1.82) is 5.41 Å². The van der Waals surface area contributed by atoms with Crippen molar-refractivity contribution in [3.8, 4) is 0 Å². The van der Waals surface area contributed by atoms with Crippen molar-refractivity contribution in [2.75, 3.05) is 0 Å². The minimum atomic E-state index is -0.637. The highest BCUT2D eigenvalue weighted by Crippen LogP contribution is 2.45. The number of rotatable bonds is 2. The summed E-state index contributed by atoms with van der Waals surface area (Å²) in [6.07, 6.45) is 3.12. The van der Waals surface area contributed by atoms with Crippen LogP contribution in [0.5, 0.6) is 0 Å². The molecule has 114 valence electrons. The summed E-state index contributed by atoms with van der Waals surface area (Å²) in [5.74, 6) is -1.20. The quantitative estimate of drug-likeness (QED) is 0.448. The first kappa shape index (κ1) is 14.1. The average molecular weight is 295 g/mol. The second kappa shape index (κ2) is 5.18. The lowest BCUT2D eigenvalue weighted by Gasteiger charge is -2.36. The van der Waals surface area contributed by atoms with Crippen LogP contribution in [-0.2, 0) is 9.53 Å². The number of guanidine groups is 1. The summed E-state index contributed by atoms with van der Waals surface area (Å²) in [5.41, 5.74) is 2.55. The number of nitrogens with zero attached hydrogens (tertiary/aromatic N) is 3. The van der Waals surface area contributed by atoms with Crippen molar-refractivity contribution in [2.45, 2.75) is 57.4 Å². The van der Waals surface area contributed by atoms with Crippen molar-refractivity contribution < 1.29 is 13.9 Å². The van der Waals surface area contributed by atoms with E-state index in [2.05, 4.69) is 15.5 Å². The van der Waals surface area contributed by atoms with Crippen LogP contribution in [0.2, 0.25) is 0 Å². The van der Waals surface area contributed by atoms with Gasteiger partial charge in [-0.3, -0.25) is 10.2 Å². The van der Waals surface area contributed by atoms with E-state index in [9.17, 15) is 9.18 Å². The standard InChI is InChI=1S/C13H18FN5O2/c1-6(20)12(15)16-13(18-17-7(2)14)19-8-3-9-5-10(19)11(4-8)21-9/h8-11H,3-5H2,1-2H3,(H2,15,16,18)/b17-7+. The number of hydrogen-bond donors (Lipinski definition) is 2. The van der Waals surface area contributed by atoms with Gasteiger partial charge in [0.25, 0.3) is 0 Å². The third-order valence-corrected chi connectivity index (χ3v) is 4.20. The smallest absolute Gasteiger partial charge is 0.222 e. The topological polar surface area (TPSA) is 90.1 Å². The Hall–Kier alpha value is -1.83. The Morgan fingerprint density at radius 3 is 2.76 bits per heavy atom. The van der Waals surface area contributed by atoms with Gasteiger partial charge in [-0.15, -0.1) is 5.10 Å². The Kier molecular flexibility index (Phi) is 3.48. The highest BCUT2D eigenvalue weighted by Gasteiger charge is 2.55. The van der Waals surface area contributed by atoms with Gasteiger partial charge in [0.2, 0.25) is 11.9 Å². The molecule has 4 unspecified atom stereocenters. The lowest BCUT2D eigenvalue weighted by molar-refractivity contribution is -0.111. The number of ketones is 1. The Balaban J connectivity index is 1.87. The fourth-order valence-electron chi connectivity index (χ4n) is 3.42. The second-order valence-corrected chi connectivity index (χ2v) is 5.69. The highest BCUT2D eigenvalue weighted by atomic mass is 19.1. The van der Waals surface area contributed by atoms with Gasteiger partial charge in [-0.2, -0.15) is 9.38 Å². The molecule has 7 nitrogen and oxygen atoms in total. The Labute approximate surface area is 121 Å². The van der Waals surface area contributed by atoms with Gasteiger partial charge in [-0.25, -0.2) is 5.43 Å². The summed E-state index contributed by atoms with van der Waals surface area (Å²) >= 11 is 0. The van der Waals surface area contributed by atoms with E-state index >= 15 is 0 Å². The molecule has 0 spiro atoms. The monoisotopic (exact) mass is 295 g/mol. The molecule has 4 heterocycles. The number of hydrogen-bond acceptors (Lipinski definition) is 4. The van der Waals surface area contributed by atoms with Gasteiger partial charge >= 0.3 is 0 Å². The van der Waals surface area contributed by atoms with Crippen LogP contribution < -0.4 is 5.43 Å². The zero-order chi connectivity index (χ0) is 15.1. The fraction of sp³-hybridized carbons (Fsp3) is 0.692. The number of Topliss-reactive ketones (excluding diaryl/α,β-unsaturated/α-hetero) is 1. The molecule has 4 atom stereocenters. The number of aliphatic imine (C=N–C) groups is 1. The summed E-state index contributed by atoms with van der Waals surface area (Å²) in [6, 6.07) is 0.406. The van der Waals surface area contributed by atoms with Crippen LogP contribution in [0.15, 0.2) is 10.1 Å². The molecule has 4 aliphatic heterocycles. The molecule has 0 radical (unpaired) electrons. The molecule has 4 rings (SSSR count). The number of nitrogens with one attached hydrogen (secondary N) is 2. The van der Waals surface area contributed by atoms with Gasteiger partial charge in [-0.1, -0.05) is 0 Å². The van der Waals surface area contributed by atoms with Crippen LogP contribution in [0.4, 0.5) is 4.39 Å². The molecule has 4 aliphatic rings. The molecule has 0 aromatic rings. The first-order valence-corrected chi connectivity index (χ1v) is 7.03. The molecule has 0 saturated carbocycles. The number of ether oxygens (including phenoxy) is 1. The molecule has 8 heteroatoms. The second-order valence-electron chi connectivity index (χ2n) is 5.69. The van der Waals surface area contributed by atoms with Gasteiger partial charge in [0, 0.05) is 19.9 Å². The summed E-state index contributed by atoms with van der Waals surface area (Å²) in [5, 5.41) is 11.1. The van der Waals surface area contributed by atoms with Crippen molar-refractivity contribution >= 4 is 23.5 Å². The normalized spacial score (nSPS) is 34.5. The summed E-state index contributed by atoms with van der Waals surface area (Å²) in [6.45, 7) is 2.49. The molecule has 0 aromatic heterocycles. The van der Waals surface area contributed by atoms with E-state index in [0.29, 0.717) is 0 Å². The molecule has 4 fully saturated rings. The molecular formula is C13H18FN5O2. The van der Waals surface area contributed by atoms with E-state index in [-0.39, 0.29) is 36.1 Å². The van der Waals surface area contributed by atoms with Crippen molar-refractivity contribution in [2.24, 2.45) is 10.1 Å². The van der Waals surface area contributed by atoms with E-state index < -0.39 is 11.7 Å². The Morgan fingerprint density at radius 2 is 2.14 bits per heavy atom. The molecule has 21 heavy (non-hydrogen) atoms. The van der Waals surface area contributed by atoms with E-state index in [0.717, 1.165) is 19.3 Å². The van der Waals surface area contributed by atoms with E-state index in [1.165, 1.54) is 13.8 Å². The predicted octanol–water partition coefficient (Wildman–Crippen LogP) is 0.805. The molecule has 2 N–H and O–H groups in total. The lowest BCUT2D eigenvalue weighted by Crippen LogP contribution is -2.51. The van der Waals surface area contributed by atoms with Gasteiger partial charge in [0.1, 0.15) is 0 Å². The van der Waals surface area contributed by atoms with Gasteiger partial charge in [0.05, 0.1) is 18.2 Å². The molecule has 0 aliphatic carbocycles. The third-order valence-electron chi connectivity index (χ3n) is 4.20. The SMILES string of the molecule is CC(=O)C(=N)/N=C(\N/N=C(\C)F)N1C2CC3CC1C(C2)O3. The third kappa shape index (κ3) is 2.55. The van der Waals surface area contributed by atoms with Gasteiger partial charge in [-0.05, 0) is 19.3 Å². The van der Waals surface area contributed by atoms with Crippen LogP contribution in [0, 0.1) is 5.41 Å². The highest BCUT2D eigenvalue weighted by molar-refractivity contribution is 6.38. The van der Waals surface area contributed by atoms with Crippen LogP contribution in [0.25, 0.3) is 0 Å². The van der Waals surface area contributed by atoms with Crippen LogP contribution in [0.3, 0.4) is 0 Å². The van der Waals surface area contributed by atoms with Crippen molar-refractivity contribution in [3.63, 3.8) is 0 Å². The molecule has 0 amide bonds. The fourth-order valence-corrected chi connectivity index (χ4v) is 3.42. The predicted molar refractivity (Wildman–Crippen MR) is 75.1 cm³/mol. The number of carbonyl (C=O) groups excluding carboxylic acids is 1. The summed E-state index contributed by atoms with van der Waals surface area (Å²) in [7, 11) is 0. The maximum Gasteiger partial charge on any atom is 0.222 e. The summed E-state index contributed by atoms with van der Waals surface area (Å²) in [4.78, 5) is 17.2. The Bertz CT molecular complexity index is 539. The number of piperidine rings is 1. The number of hydrazone groups is 1. The zero-order valence-electron chi connectivity index (χ0n) is 12.0. The van der Waals surface area contributed by atoms with Gasteiger partial charge < -0.3 is 9.64 Å². The summed E-state index contributed by atoms with van der Waals surface area (Å²) < 4.78 is 18.7. The first-order chi connectivity index (χ1) is 9.95. The van der Waals surface area contributed by atoms with E-state index in [1.54, 1.807) is 0 Å². The lowest BCUT2D eigenvalue weighted by atomic mass is 10.0. The number of halogens is 1. The van der Waals surface area contributed by atoms with E-state index in [4.69, 9.17) is 10.1 Å². The first-order valence-electron chi connectivity index (χ1n) is 7.03. The minimum Gasteiger partial charge on any atom is -0.373 e. The van der Waals surface area contributed by atoms with Crippen molar-refractivity contribution in [3.05, 3.63) is 0 Å². The van der Waals surface area contributed by atoms with Crippen LogP contribution in [0.1, 0.15) is 33.1 Å². The molecule has 0 aromatic carbocycles. The van der Waals surface area contributed by atoms with Gasteiger partial charge in [0.15, 0.2) is 11.6 Å². The molecule has 4 saturated heterocycles. The van der Waals surface area contributed by atoms with Crippen LogP contribution in [-0.4, -0.2) is 52.7 Å². The largest absolute Gasteiger partial charge is 0.373 e. The van der Waals surface area contributed by atoms with Crippen molar-refractivity contribution in [1.82, 2.24) is 10.3 Å². The number of amidine groups is 1. The molecule has 4 bridgehead atoms. The maximum absolute atomic E-state index is 12.9. The average Bonchev–Trinajstić information content (AvgIpc) is 2.82. The molecular weight excluding hydrogens is 277 g/mol. The maximum atomic E-state index is 12.9. The number of carbonyl (C=O) groups is 1. The van der Waals surface area contributed by atoms with Crippen LogP contribution >= 0.6 is 0 Å². The van der Waals surface area contributed by atoms with E-state index in [1.807, 2.05) is 4.90 Å². The zero-order valence-corrected chi connectivity index (χ0v) is 12.0. The minimum absolute atomic E-state index is 0.155.